The molecule has 160 valence electrons. The summed E-state index contributed by atoms with van der Waals surface area (Å²) in [6.07, 6.45) is 2.38. The van der Waals surface area contributed by atoms with Crippen molar-refractivity contribution in [2.24, 2.45) is 0 Å². The fourth-order valence-corrected chi connectivity index (χ4v) is 3.37. The second kappa shape index (κ2) is 9.38. The summed E-state index contributed by atoms with van der Waals surface area (Å²) < 4.78 is 5.11. The van der Waals surface area contributed by atoms with Crippen LogP contribution in [0, 0.1) is 0 Å². The molecule has 1 N–H and O–H groups in total. The number of carbonyl (C=O) groups is 4. The minimum atomic E-state index is -0.754. The number of esters is 1. The lowest BCUT2D eigenvalue weighted by Gasteiger charge is -2.15. The maximum absolute atomic E-state index is 12.4. The van der Waals surface area contributed by atoms with Crippen LogP contribution in [0.25, 0.3) is 0 Å². The van der Waals surface area contributed by atoms with E-state index in [9.17, 15) is 19.2 Å². The van der Waals surface area contributed by atoms with Crippen molar-refractivity contribution >= 4 is 29.4 Å². The number of benzene rings is 2. The van der Waals surface area contributed by atoms with Crippen LogP contribution in [0.2, 0.25) is 0 Å². The van der Waals surface area contributed by atoms with E-state index in [2.05, 4.69) is 25.7 Å². The van der Waals surface area contributed by atoms with Crippen LogP contribution in [0.4, 0.5) is 5.69 Å². The van der Waals surface area contributed by atoms with E-state index in [4.69, 9.17) is 4.74 Å². The van der Waals surface area contributed by atoms with Gasteiger partial charge in [-0.25, -0.2) is 4.79 Å². The number of amides is 3. The third-order valence-electron chi connectivity index (χ3n) is 5.23. The van der Waals surface area contributed by atoms with Crippen LogP contribution in [0.15, 0.2) is 55.1 Å². The Hall–Kier alpha value is -3.74. The fourth-order valence-electron chi connectivity index (χ4n) is 3.37. The zero-order valence-electron chi connectivity index (χ0n) is 17.5. The van der Waals surface area contributed by atoms with Gasteiger partial charge in [-0.05, 0) is 42.2 Å². The maximum atomic E-state index is 12.4. The lowest BCUT2D eigenvalue weighted by atomic mass is 9.97. The zero-order chi connectivity index (χ0) is 22.5. The van der Waals surface area contributed by atoms with Crippen molar-refractivity contribution in [3.05, 3.63) is 77.4 Å². The highest BCUT2D eigenvalue weighted by Crippen LogP contribution is 2.27. The van der Waals surface area contributed by atoms with E-state index in [1.54, 1.807) is 6.07 Å². The van der Waals surface area contributed by atoms with Gasteiger partial charge in [0.05, 0.1) is 16.7 Å². The molecular weight excluding hydrogens is 396 g/mol. The fraction of sp³-hybridized carbons (Fsp3) is 0.250. The van der Waals surface area contributed by atoms with Gasteiger partial charge in [-0.1, -0.05) is 38.1 Å². The molecule has 0 fully saturated rings. The number of nitrogens with one attached hydrogen (secondary N) is 1. The molecule has 7 heteroatoms. The molecule has 1 heterocycles. The molecule has 2 aromatic rings. The van der Waals surface area contributed by atoms with Gasteiger partial charge >= 0.3 is 5.97 Å². The molecular formula is C24H24N2O5. The molecule has 2 aromatic carbocycles. The van der Waals surface area contributed by atoms with Crippen molar-refractivity contribution in [1.29, 1.82) is 0 Å². The Morgan fingerprint density at radius 1 is 1.13 bits per heavy atom. The van der Waals surface area contributed by atoms with Crippen LogP contribution in [-0.2, 0) is 9.53 Å². The maximum Gasteiger partial charge on any atom is 0.338 e. The van der Waals surface area contributed by atoms with Crippen molar-refractivity contribution in [3.63, 3.8) is 0 Å². The summed E-state index contributed by atoms with van der Waals surface area (Å²) in [4.78, 5) is 50.4. The lowest BCUT2D eigenvalue weighted by Crippen LogP contribution is -2.29. The zero-order valence-corrected chi connectivity index (χ0v) is 17.5. The Bertz CT molecular complexity index is 1060. The molecule has 0 aliphatic carbocycles. The van der Waals surface area contributed by atoms with E-state index in [0.29, 0.717) is 5.69 Å². The van der Waals surface area contributed by atoms with Crippen molar-refractivity contribution in [1.82, 2.24) is 4.90 Å². The highest BCUT2D eigenvalue weighted by molar-refractivity contribution is 6.22. The van der Waals surface area contributed by atoms with Crippen molar-refractivity contribution in [2.75, 3.05) is 18.5 Å². The van der Waals surface area contributed by atoms with Gasteiger partial charge < -0.3 is 10.1 Å². The SMILES string of the molecule is C=CCN1C(=O)c2ccc(C(=O)OCC(=O)Nc3ccccc3[C@H](C)CC)cc2C1=O. The number of carbonyl (C=O) groups excluding carboxylic acids is 4. The van der Waals surface area contributed by atoms with Crippen molar-refractivity contribution < 1.29 is 23.9 Å². The van der Waals surface area contributed by atoms with Crippen LogP contribution in [-0.4, -0.2) is 41.7 Å². The Morgan fingerprint density at radius 2 is 1.84 bits per heavy atom. The molecule has 0 bridgehead atoms. The normalized spacial score (nSPS) is 13.5. The van der Waals surface area contributed by atoms with Crippen LogP contribution in [0.3, 0.4) is 0 Å². The average Bonchev–Trinajstić information content (AvgIpc) is 3.02. The quantitative estimate of drug-likeness (QED) is 0.399. The minimum Gasteiger partial charge on any atom is -0.452 e. The van der Waals surface area contributed by atoms with Crippen LogP contribution in [0.5, 0.6) is 0 Å². The molecule has 0 saturated heterocycles. The Balaban J connectivity index is 1.65. The van der Waals surface area contributed by atoms with E-state index in [1.165, 1.54) is 24.3 Å². The predicted octanol–water partition coefficient (Wildman–Crippen LogP) is 3.78. The van der Waals surface area contributed by atoms with Crippen LogP contribution in [0.1, 0.15) is 62.8 Å². The summed E-state index contributed by atoms with van der Waals surface area (Å²) in [6, 6.07) is 11.6. The van der Waals surface area contributed by atoms with Crippen molar-refractivity contribution in [3.8, 4) is 0 Å². The van der Waals surface area contributed by atoms with Gasteiger partial charge in [0.1, 0.15) is 0 Å². The number of ether oxygens (including phenoxy) is 1. The third-order valence-corrected chi connectivity index (χ3v) is 5.23. The van der Waals surface area contributed by atoms with Crippen LogP contribution >= 0.6 is 0 Å². The van der Waals surface area contributed by atoms with Gasteiger partial charge in [0.25, 0.3) is 17.7 Å². The first-order valence-electron chi connectivity index (χ1n) is 10.0. The van der Waals surface area contributed by atoms with Gasteiger partial charge in [-0.3, -0.25) is 19.3 Å². The molecule has 0 aromatic heterocycles. The molecule has 0 unspecified atom stereocenters. The summed E-state index contributed by atoms with van der Waals surface area (Å²) in [5.41, 5.74) is 2.14. The van der Waals surface area contributed by atoms with Crippen LogP contribution < -0.4 is 5.32 Å². The number of rotatable bonds is 8. The van der Waals surface area contributed by atoms with Crippen molar-refractivity contribution in [2.45, 2.75) is 26.2 Å². The second-order valence-corrected chi connectivity index (χ2v) is 7.29. The van der Waals surface area contributed by atoms with Gasteiger partial charge in [-0.15, -0.1) is 6.58 Å². The minimum absolute atomic E-state index is 0.0877. The Labute approximate surface area is 180 Å². The predicted molar refractivity (Wildman–Crippen MR) is 116 cm³/mol. The Morgan fingerprint density at radius 3 is 2.55 bits per heavy atom. The molecule has 3 rings (SSSR count). The summed E-state index contributed by atoms with van der Waals surface area (Å²) in [6.45, 7) is 7.29. The standard InChI is InChI=1S/C24H24N2O5/c1-4-12-26-22(28)18-11-10-16(13-19(18)23(26)29)24(30)31-14-21(27)25-20-9-7-6-8-17(20)15(3)5-2/h4,6-11,13,15H,1,5,12,14H2,2-3H3,(H,25,27)/t15-/m1/s1. The first-order valence-corrected chi connectivity index (χ1v) is 10.0. The largest absolute Gasteiger partial charge is 0.452 e. The monoisotopic (exact) mass is 420 g/mol. The molecule has 1 atom stereocenters. The van der Waals surface area contributed by atoms with Gasteiger partial charge in [0.2, 0.25) is 0 Å². The molecule has 1 aliphatic heterocycles. The first-order chi connectivity index (χ1) is 14.9. The van der Waals surface area contributed by atoms with E-state index in [1.807, 2.05) is 18.2 Å². The molecule has 0 radical (unpaired) electrons. The number of anilines is 1. The number of imide groups is 1. The molecule has 7 nitrogen and oxygen atoms in total. The Kier molecular flexibility index (Phi) is 6.65. The van der Waals surface area contributed by atoms with Gasteiger partial charge in [-0.2, -0.15) is 0 Å². The highest BCUT2D eigenvalue weighted by atomic mass is 16.5. The third kappa shape index (κ3) is 4.55. The number of para-hydroxylation sites is 1. The summed E-state index contributed by atoms with van der Waals surface area (Å²) in [7, 11) is 0. The number of hydrogen-bond acceptors (Lipinski definition) is 5. The number of nitrogens with zero attached hydrogens (tertiary/aromatic N) is 1. The lowest BCUT2D eigenvalue weighted by molar-refractivity contribution is -0.119. The molecule has 0 spiro atoms. The second-order valence-electron chi connectivity index (χ2n) is 7.29. The smallest absolute Gasteiger partial charge is 0.338 e. The summed E-state index contributed by atoms with van der Waals surface area (Å²) >= 11 is 0. The first kappa shape index (κ1) is 22.0. The van der Waals surface area contributed by atoms with Gasteiger partial charge in [0, 0.05) is 12.2 Å². The molecule has 31 heavy (non-hydrogen) atoms. The van der Waals surface area contributed by atoms with E-state index >= 15 is 0 Å². The van der Waals surface area contributed by atoms with E-state index in [0.717, 1.165) is 16.9 Å². The number of hydrogen-bond donors (Lipinski definition) is 1. The highest BCUT2D eigenvalue weighted by Gasteiger charge is 2.35. The topological polar surface area (TPSA) is 92.8 Å². The van der Waals surface area contributed by atoms with Gasteiger partial charge in [0.15, 0.2) is 6.61 Å². The summed E-state index contributed by atoms with van der Waals surface area (Å²) in [5, 5.41) is 2.78. The molecule has 1 aliphatic rings. The summed E-state index contributed by atoms with van der Waals surface area (Å²) in [5.74, 6) is -1.87. The number of fused-ring (bicyclic) bond motifs is 1. The molecule has 0 saturated carbocycles. The van der Waals surface area contributed by atoms with E-state index in [-0.39, 0.29) is 29.2 Å². The average molecular weight is 420 g/mol. The molecule has 3 amide bonds. The van der Waals surface area contributed by atoms with E-state index < -0.39 is 30.3 Å².